The lowest BCUT2D eigenvalue weighted by molar-refractivity contribution is -0.120. The summed E-state index contributed by atoms with van der Waals surface area (Å²) in [5, 5.41) is 5.66. The average molecular weight is 365 g/mol. The van der Waals surface area contributed by atoms with Gasteiger partial charge in [0.05, 0.1) is 18.5 Å². The molecule has 0 bridgehead atoms. The third kappa shape index (κ3) is 3.01. The molecule has 0 radical (unpaired) electrons. The second-order valence-electron chi connectivity index (χ2n) is 6.53. The Morgan fingerprint density at radius 2 is 2.07 bits per heavy atom. The van der Waals surface area contributed by atoms with E-state index in [0.29, 0.717) is 42.1 Å². The molecule has 0 spiro atoms. The van der Waals surface area contributed by atoms with Crippen LogP contribution >= 0.6 is 0 Å². The van der Waals surface area contributed by atoms with Crippen molar-refractivity contribution in [2.75, 3.05) is 17.3 Å². The van der Waals surface area contributed by atoms with Gasteiger partial charge < -0.3 is 15.4 Å². The third-order valence-corrected chi connectivity index (χ3v) is 4.92. The van der Waals surface area contributed by atoms with Crippen molar-refractivity contribution < 1.29 is 19.1 Å². The van der Waals surface area contributed by atoms with E-state index in [1.54, 1.807) is 25.3 Å². The lowest BCUT2D eigenvalue weighted by Gasteiger charge is -2.31. The fourth-order valence-corrected chi connectivity index (χ4v) is 3.56. The topological polar surface area (TPSA) is 87.7 Å². The fraction of sp³-hybridized carbons (Fsp3) is 0.250. The number of benzene rings is 2. The molecule has 1 fully saturated rings. The molecule has 2 aromatic rings. The normalized spacial score (nSPS) is 17.8. The molecule has 0 saturated carbocycles. The van der Waals surface area contributed by atoms with E-state index in [0.717, 1.165) is 5.56 Å². The number of carbonyl (C=O) groups excluding carboxylic acids is 3. The zero-order valence-corrected chi connectivity index (χ0v) is 14.8. The number of nitrogens with zero attached hydrogens (tertiary/aromatic N) is 1. The van der Waals surface area contributed by atoms with E-state index in [4.69, 9.17) is 4.74 Å². The predicted molar refractivity (Wildman–Crippen MR) is 99.7 cm³/mol. The second kappa shape index (κ2) is 6.75. The Morgan fingerprint density at radius 1 is 1.26 bits per heavy atom. The van der Waals surface area contributed by atoms with Crippen molar-refractivity contribution in [2.45, 2.75) is 25.4 Å². The van der Waals surface area contributed by atoms with Gasteiger partial charge in [-0.25, -0.2) is 0 Å². The Morgan fingerprint density at radius 3 is 2.89 bits per heavy atom. The molecule has 2 heterocycles. The van der Waals surface area contributed by atoms with Crippen molar-refractivity contribution in [3.8, 4) is 5.75 Å². The number of para-hydroxylation sites is 1. The highest BCUT2D eigenvalue weighted by molar-refractivity contribution is 6.14. The molecule has 1 atom stereocenters. The van der Waals surface area contributed by atoms with E-state index in [1.807, 2.05) is 24.3 Å². The van der Waals surface area contributed by atoms with Crippen LogP contribution in [-0.4, -0.2) is 30.9 Å². The Hall–Kier alpha value is -3.35. The van der Waals surface area contributed by atoms with Crippen LogP contribution in [0.2, 0.25) is 0 Å². The van der Waals surface area contributed by atoms with Crippen LogP contribution in [0.1, 0.15) is 28.8 Å². The maximum atomic E-state index is 12.5. The number of ether oxygens (including phenoxy) is 1. The fourth-order valence-electron chi connectivity index (χ4n) is 3.56. The molecule has 2 aliphatic rings. The molecule has 3 amide bonds. The van der Waals surface area contributed by atoms with Crippen molar-refractivity contribution in [1.29, 1.82) is 0 Å². The van der Waals surface area contributed by atoms with Crippen LogP contribution in [0.5, 0.6) is 5.75 Å². The molecule has 0 aromatic heterocycles. The zero-order valence-electron chi connectivity index (χ0n) is 14.8. The van der Waals surface area contributed by atoms with Crippen molar-refractivity contribution in [3.63, 3.8) is 0 Å². The van der Waals surface area contributed by atoms with E-state index in [9.17, 15) is 14.4 Å². The quantitative estimate of drug-likeness (QED) is 0.868. The maximum absolute atomic E-state index is 12.5. The number of rotatable bonds is 4. The largest absolute Gasteiger partial charge is 0.496 e. The summed E-state index contributed by atoms with van der Waals surface area (Å²) in [4.78, 5) is 38.4. The SMILES string of the molecule is COc1ccccc1CNC(=O)c1ccc2c(c1)NC(=O)C1CCC(=O)N21. The van der Waals surface area contributed by atoms with Gasteiger partial charge in [-0.05, 0) is 30.7 Å². The van der Waals surface area contributed by atoms with Crippen LogP contribution in [-0.2, 0) is 16.1 Å². The van der Waals surface area contributed by atoms with Crippen LogP contribution in [0, 0.1) is 0 Å². The van der Waals surface area contributed by atoms with Crippen LogP contribution in [0.3, 0.4) is 0 Å². The average Bonchev–Trinajstić information content (AvgIpc) is 3.08. The van der Waals surface area contributed by atoms with Gasteiger partial charge in [-0.1, -0.05) is 18.2 Å². The number of anilines is 2. The van der Waals surface area contributed by atoms with E-state index in [-0.39, 0.29) is 17.7 Å². The molecular weight excluding hydrogens is 346 g/mol. The summed E-state index contributed by atoms with van der Waals surface area (Å²) in [6.07, 6.45) is 0.879. The number of nitrogens with one attached hydrogen (secondary N) is 2. The molecule has 2 aliphatic heterocycles. The number of methoxy groups -OCH3 is 1. The lowest BCUT2D eigenvalue weighted by Crippen LogP contribution is -2.45. The van der Waals surface area contributed by atoms with Gasteiger partial charge in [0.2, 0.25) is 11.8 Å². The monoisotopic (exact) mass is 365 g/mol. The van der Waals surface area contributed by atoms with Gasteiger partial charge in [0, 0.05) is 24.1 Å². The first kappa shape index (κ1) is 17.1. The Bertz CT molecular complexity index is 941. The third-order valence-electron chi connectivity index (χ3n) is 4.92. The number of hydrogen-bond acceptors (Lipinski definition) is 4. The summed E-state index contributed by atoms with van der Waals surface area (Å²) in [6.45, 7) is 0.318. The van der Waals surface area contributed by atoms with Gasteiger partial charge >= 0.3 is 0 Å². The summed E-state index contributed by atoms with van der Waals surface area (Å²) in [6, 6.07) is 12.0. The molecule has 0 aliphatic carbocycles. The highest BCUT2D eigenvalue weighted by Gasteiger charge is 2.41. The summed E-state index contributed by atoms with van der Waals surface area (Å²) < 4.78 is 5.28. The first-order valence-electron chi connectivity index (χ1n) is 8.75. The molecule has 2 N–H and O–H groups in total. The molecule has 7 nitrogen and oxygen atoms in total. The van der Waals surface area contributed by atoms with Crippen molar-refractivity contribution in [2.24, 2.45) is 0 Å². The van der Waals surface area contributed by atoms with Crippen molar-refractivity contribution in [3.05, 3.63) is 53.6 Å². The first-order valence-corrected chi connectivity index (χ1v) is 8.75. The van der Waals surface area contributed by atoms with Gasteiger partial charge in [-0.3, -0.25) is 19.3 Å². The molecule has 2 aromatic carbocycles. The van der Waals surface area contributed by atoms with Crippen molar-refractivity contribution >= 4 is 29.1 Å². The summed E-state index contributed by atoms with van der Waals surface area (Å²) in [5.74, 6) is 0.159. The first-order chi connectivity index (χ1) is 13.1. The summed E-state index contributed by atoms with van der Waals surface area (Å²) in [5.41, 5.74) is 2.40. The number of hydrogen-bond donors (Lipinski definition) is 2. The minimum absolute atomic E-state index is 0.0653. The Balaban J connectivity index is 1.53. The van der Waals surface area contributed by atoms with Gasteiger partial charge in [0.1, 0.15) is 11.8 Å². The molecule has 4 rings (SSSR count). The van der Waals surface area contributed by atoms with E-state index >= 15 is 0 Å². The van der Waals surface area contributed by atoms with E-state index < -0.39 is 6.04 Å². The number of fused-ring (bicyclic) bond motifs is 3. The smallest absolute Gasteiger partial charge is 0.251 e. The van der Waals surface area contributed by atoms with Gasteiger partial charge in [-0.15, -0.1) is 0 Å². The van der Waals surface area contributed by atoms with E-state index in [2.05, 4.69) is 10.6 Å². The minimum Gasteiger partial charge on any atom is -0.496 e. The second-order valence-corrected chi connectivity index (χ2v) is 6.53. The Kier molecular flexibility index (Phi) is 4.27. The molecule has 1 unspecified atom stereocenters. The number of carbonyl (C=O) groups is 3. The van der Waals surface area contributed by atoms with Crippen LogP contribution < -0.4 is 20.3 Å². The van der Waals surface area contributed by atoms with Crippen LogP contribution in [0.15, 0.2) is 42.5 Å². The highest BCUT2D eigenvalue weighted by atomic mass is 16.5. The summed E-state index contributed by atoms with van der Waals surface area (Å²) in [7, 11) is 1.58. The van der Waals surface area contributed by atoms with Crippen molar-refractivity contribution in [1.82, 2.24) is 5.32 Å². The highest BCUT2D eigenvalue weighted by Crippen LogP contribution is 2.37. The predicted octanol–water partition coefficient (Wildman–Crippen LogP) is 2.07. The molecule has 1 saturated heterocycles. The molecular formula is C20H19N3O4. The van der Waals surface area contributed by atoms with Gasteiger partial charge in [0.25, 0.3) is 5.91 Å². The van der Waals surface area contributed by atoms with Crippen LogP contribution in [0.25, 0.3) is 0 Å². The molecule has 7 heteroatoms. The van der Waals surface area contributed by atoms with Gasteiger partial charge in [0.15, 0.2) is 0 Å². The lowest BCUT2D eigenvalue weighted by atomic mass is 10.1. The zero-order chi connectivity index (χ0) is 19.0. The van der Waals surface area contributed by atoms with Crippen LogP contribution in [0.4, 0.5) is 11.4 Å². The molecule has 138 valence electrons. The minimum atomic E-state index is -0.449. The molecule has 27 heavy (non-hydrogen) atoms. The van der Waals surface area contributed by atoms with E-state index in [1.165, 1.54) is 4.90 Å². The number of amides is 3. The van der Waals surface area contributed by atoms with Gasteiger partial charge in [-0.2, -0.15) is 0 Å². The maximum Gasteiger partial charge on any atom is 0.251 e. The summed E-state index contributed by atoms with van der Waals surface area (Å²) >= 11 is 0. The standard InChI is InChI=1S/C20H19N3O4/c1-27-17-5-3-2-4-13(17)11-21-19(25)12-6-7-15-14(10-12)22-20(26)16-8-9-18(24)23(15)16/h2-7,10,16H,8-9,11H2,1H3,(H,21,25)(H,22,26). The Labute approximate surface area is 156 Å².